The number of likely N-dealkylation sites (N-methyl/N-ethyl adjacent to an activating group) is 1. The van der Waals surface area contributed by atoms with Gasteiger partial charge in [0.2, 0.25) is 5.91 Å². The Kier molecular flexibility index (Phi) is 4.92. The number of carbonyl (C=O) groups is 1. The maximum atomic E-state index is 13.2. The molecule has 0 bridgehead atoms. The Labute approximate surface area is 144 Å². The van der Waals surface area contributed by atoms with E-state index in [4.69, 9.17) is 0 Å². The van der Waals surface area contributed by atoms with Gasteiger partial charge in [-0.2, -0.15) is 0 Å². The first-order chi connectivity index (χ1) is 11.4. The van der Waals surface area contributed by atoms with Crippen molar-refractivity contribution in [1.29, 1.82) is 0 Å². The van der Waals surface area contributed by atoms with Crippen LogP contribution < -0.4 is 0 Å². The summed E-state index contributed by atoms with van der Waals surface area (Å²) in [5.41, 5.74) is 1.27. The Morgan fingerprint density at radius 2 is 1.71 bits per heavy atom. The van der Waals surface area contributed by atoms with E-state index < -0.39 is 0 Å². The second-order valence-corrected chi connectivity index (χ2v) is 7.73. The molecule has 1 aromatic rings. The van der Waals surface area contributed by atoms with Crippen molar-refractivity contribution in [1.82, 2.24) is 14.7 Å². The van der Waals surface area contributed by atoms with Gasteiger partial charge in [-0.15, -0.1) is 0 Å². The third-order valence-corrected chi connectivity index (χ3v) is 5.70. The first-order valence-corrected chi connectivity index (χ1v) is 8.79. The molecule has 0 aromatic heterocycles. The number of hydrogen-bond acceptors (Lipinski definition) is 3. The lowest BCUT2D eigenvalue weighted by molar-refractivity contribution is -0.138. The van der Waals surface area contributed by atoms with Crippen LogP contribution in [0.25, 0.3) is 0 Å². The molecule has 2 heterocycles. The van der Waals surface area contributed by atoms with Gasteiger partial charge in [-0.3, -0.25) is 9.69 Å². The molecule has 2 saturated heterocycles. The van der Waals surface area contributed by atoms with Gasteiger partial charge in [0.1, 0.15) is 11.9 Å². The van der Waals surface area contributed by atoms with Crippen molar-refractivity contribution in [2.45, 2.75) is 25.3 Å². The quantitative estimate of drug-likeness (QED) is 0.850. The van der Waals surface area contributed by atoms with Gasteiger partial charge in [0, 0.05) is 19.6 Å². The SMILES string of the molecule is CN1CCC2(CCN(C(=O)[C@H](c3ccc(F)cc3)N(C)C)CC2)C1. The van der Waals surface area contributed by atoms with Gasteiger partial charge < -0.3 is 9.80 Å². The van der Waals surface area contributed by atoms with Crippen LogP contribution >= 0.6 is 0 Å². The van der Waals surface area contributed by atoms with Crippen LogP contribution in [0.15, 0.2) is 24.3 Å². The minimum atomic E-state index is -0.342. The zero-order valence-electron chi connectivity index (χ0n) is 15.0. The highest BCUT2D eigenvalue weighted by Crippen LogP contribution is 2.40. The lowest BCUT2D eigenvalue weighted by Crippen LogP contribution is -2.47. The number of carbonyl (C=O) groups excluding carboxylic acids is 1. The van der Waals surface area contributed by atoms with Crippen LogP contribution in [0, 0.1) is 11.2 Å². The molecule has 1 atom stereocenters. The van der Waals surface area contributed by atoms with Crippen LogP contribution in [0.1, 0.15) is 30.9 Å². The summed E-state index contributed by atoms with van der Waals surface area (Å²) in [7, 11) is 6.00. The molecule has 24 heavy (non-hydrogen) atoms. The minimum absolute atomic E-state index is 0.132. The maximum Gasteiger partial charge on any atom is 0.244 e. The molecule has 0 radical (unpaired) electrons. The van der Waals surface area contributed by atoms with Crippen LogP contribution in [-0.4, -0.2) is 67.9 Å². The van der Waals surface area contributed by atoms with Gasteiger partial charge in [-0.05, 0) is 70.1 Å². The monoisotopic (exact) mass is 333 g/mol. The molecule has 132 valence electrons. The number of benzene rings is 1. The number of halogens is 1. The van der Waals surface area contributed by atoms with Crippen molar-refractivity contribution < 1.29 is 9.18 Å². The van der Waals surface area contributed by atoms with E-state index in [-0.39, 0.29) is 17.8 Å². The smallest absolute Gasteiger partial charge is 0.244 e. The van der Waals surface area contributed by atoms with Crippen LogP contribution in [0.3, 0.4) is 0 Å². The third kappa shape index (κ3) is 3.47. The van der Waals surface area contributed by atoms with E-state index in [9.17, 15) is 9.18 Å². The Morgan fingerprint density at radius 1 is 1.12 bits per heavy atom. The highest BCUT2D eigenvalue weighted by atomic mass is 19.1. The zero-order chi connectivity index (χ0) is 17.3. The van der Waals surface area contributed by atoms with Crippen molar-refractivity contribution in [3.63, 3.8) is 0 Å². The lowest BCUT2D eigenvalue weighted by atomic mass is 9.77. The van der Waals surface area contributed by atoms with Crippen LogP contribution in [-0.2, 0) is 4.79 Å². The van der Waals surface area contributed by atoms with Crippen LogP contribution in [0.5, 0.6) is 0 Å². The molecule has 1 spiro atoms. The number of likely N-dealkylation sites (tertiary alicyclic amines) is 2. The summed E-state index contributed by atoms with van der Waals surface area (Å²) in [6.07, 6.45) is 3.43. The molecule has 3 rings (SSSR count). The second-order valence-electron chi connectivity index (χ2n) is 7.73. The summed E-state index contributed by atoms with van der Waals surface area (Å²) in [6, 6.07) is 5.95. The average molecular weight is 333 g/mol. The maximum absolute atomic E-state index is 13.2. The fourth-order valence-electron chi connectivity index (χ4n) is 4.25. The summed E-state index contributed by atoms with van der Waals surface area (Å²) in [5, 5.41) is 0. The molecule has 0 saturated carbocycles. The average Bonchev–Trinajstić information content (AvgIpc) is 2.90. The van der Waals surface area contributed by atoms with E-state index in [1.807, 2.05) is 23.9 Å². The van der Waals surface area contributed by atoms with Gasteiger partial charge >= 0.3 is 0 Å². The fraction of sp³-hybridized carbons (Fsp3) is 0.632. The normalized spacial score (nSPS) is 22.3. The largest absolute Gasteiger partial charge is 0.341 e. The van der Waals surface area contributed by atoms with E-state index in [0.717, 1.165) is 38.0 Å². The Morgan fingerprint density at radius 3 is 2.21 bits per heavy atom. The highest BCUT2D eigenvalue weighted by molar-refractivity contribution is 5.83. The molecule has 1 amide bonds. The lowest BCUT2D eigenvalue weighted by Gasteiger charge is -2.41. The summed E-state index contributed by atoms with van der Waals surface area (Å²) < 4.78 is 13.2. The summed E-state index contributed by atoms with van der Waals surface area (Å²) in [4.78, 5) is 19.4. The first-order valence-electron chi connectivity index (χ1n) is 8.79. The van der Waals surface area contributed by atoms with Crippen molar-refractivity contribution in [3.8, 4) is 0 Å². The first kappa shape index (κ1) is 17.4. The molecule has 4 nitrogen and oxygen atoms in total. The summed E-state index contributed by atoms with van der Waals surface area (Å²) in [5.74, 6) is -0.137. The number of amides is 1. The molecule has 1 aromatic carbocycles. The fourth-order valence-corrected chi connectivity index (χ4v) is 4.25. The Hall–Kier alpha value is -1.46. The molecular formula is C19H28FN3O. The molecule has 2 aliphatic heterocycles. The standard InChI is InChI=1S/C19H28FN3O/c1-21(2)17(15-4-6-16(20)7-5-15)18(24)23-12-9-19(10-13-23)8-11-22(3)14-19/h4-7,17H,8-14H2,1-3H3/t17-/m0/s1. The van der Waals surface area contributed by atoms with Gasteiger partial charge in [0.15, 0.2) is 0 Å². The number of rotatable bonds is 3. The van der Waals surface area contributed by atoms with Crippen LogP contribution in [0.4, 0.5) is 4.39 Å². The minimum Gasteiger partial charge on any atom is -0.341 e. The molecular weight excluding hydrogens is 305 g/mol. The topological polar surface area (TPSA) is 26.8 Å². The van der Waals surface area contributed by atoms with E-state index in [2.05, 4.69) is 11.9 Å². The Balaban J connectivity index is 1.69. The third-order valence-electron chi connectivity index (χ3n) is 5.70. The summed E-state index contributed by atoms with van der Waals surface area (Å²) >= 11 is 0. The van der Waals surface area contributed by atoms with E-state index >= 15 is 0 Å². The highest BCUT2D eigenvalue weighted by Gasteiger charge is 2.41. The number of piperidine rings is 1. The molecule has 2 aliphatic rings. The van der Waals surface area contributed by atoms with Crippen molar-refractivity contribution in [3.05, 3.63) is 35.6 Å². The predicted octanol–water partition coefficient (Wildman–Crippen LogP) is 2.37. The van der Waals surface area contributed by atoms with Crippen molar-refractivity contribution in [2.75, 3.05) is 47.3 Å². The van der Waals surface area contributed by atoms with Crippen LogP contribution in [0.2, 0.25) is 0 Å². The zero-order valence-corrected chi connectivity index (χ0v) is 15.0. The molecule has 0 N–H and O–H groups in total. The molecule has 0 unspecified atom stereocenters. The van der Waals surface area contributed by atoms with Gasteiger partial charge in [0.25, 0.3) is 0 Å². The van der Waals surface area contributed by atoms with Gasteiger partial charge in [-0.25, -0.2) is 4.39 Å². The van der Waals surface area contributed by atoms with E-state index in [1.165, 1.54) is 25.1 Å². The predicted molar refractivity (Wildman–Crippen MR) is 93.2 cm³/mol. The molecule has 2 fully saturated rings. The van der Waals surface area contributed by atoms with Gasteiger partial charge in [-0.1, -0.05) is 12.1 Å². The van der Waals surface area contributed by atoms with E-state index in [0.29, 0.717) is 5.41 Å². The van der Waals surface area contributed by atoms with Gasteiger partial charge in [0.05, 0.1) is 0 Å². The molecule has 5 heteroatoms. The van der Waals surface area contributed by atoms with Crippen molar-refractivity contribution >= 4 is 5.91 Å². The summed E-state index contributed by atoms with van der Waals surface area (Å²) in [6.45, 7) is 3.99. The number of hydrogen-bond donors (Lipinski definition) is 0. The second kappa shape index (κ2) is 6.81. The molecule has 0 aliphatic carbocycles. The van der Waals surface area contributed by atoms with E-state index in [1.54, 1.807) is 12.1 Å². The number of nitrogens with zero attached hydrogens (tertiary/aromatic N) is 3. The Bertz CT molecular complexity index is 579. The van der Waals surface area contributed by atoms with Crippen molar-refractivity contribution in [2.24, 2.45) is 5.41 Å².